The van der Waals surface area contributed by atoms with E-state index in [0.29, 0.717) is 0 Å². The van der Waals surface area contributed by atoms with Gasteiger partial charge in [0, 0.05) is 39.9 Å². The molecule has 150 valence electrons. The molecule has 2 heterocycles. The number of hydrogen-bond donors (Lipinski definition) is 0. The Balaban J connectivity index is 1.45. The van der Waals surface area contributed by atoms with E-state index in [1.165, 1.54) is 49.8 Å². The molecule has 0 fully saturated rings. The molecule has 32 heavy (non-hydrogen) atoms. The normalized spacial score (nSPS) is 15.2. The SMILES string of the molecule is C1=Cc2c(n(-c3ccccc3)c3ccccc23)CC1=c1ccc2c(c1)-c1ccccc1N=2. The molecule has 0 amide bonds. The smallest absolute Gasteiger partial charge is 0.0716 e. The Morgan fingerprint density at radius 1 is 0.688 bits per heavy atom. The fourth-order valence-electron chi connectivity index (χ4n) is 5.15. The summed E-state index contributed by atoms with van der Waals surface area (Å²) in [6.07, 6.45) is 5.48. The predicted molar refractivity (Wildman–Crippen MR) is 132 cm³/mol. The molecule has 2 heteroatoms. The van der Waals surface area contributed by atoms with Gasteiger partial charge in [0.15, 0.2) is 0 Å². The van der Waals surface area contributed by atoms with E-state index >= 15 is 0 Å². The number of rotatable bonds is 1. The van der Waals surface area contributed by atoms with Crippen LogP contribution in [0.15, 0.2) is 108 Å². The highest BCUT2D eigenvalue weighted by atomic mass is 15.0. The van der Waals surface area contributed by atoms with Crippen molar-refractivity contribution in [1.29, 1.82) is 0 Å². The highest BCUT2D eigenvalue weighted by molar-refractivity contribution is 5.96. The van der Waals surface area contributed by atoms with Crippen molar-refractivity contribution in [1.82, 2.24) is 4.57 Å². The second-order valence-electron chi connectivity index (χ2n) is 8.44. The molecule has 0 unspecified atom stereocenters. The van der Waals surface area contributed by atoms with Gasteiger partial charge in [0.05, 0.1) is 16.6 Å². The summed E-state index contributed by atoms with van der Waals surface area (Å²) in [5.41, 5.74) is 10.0. The van der Waals surface area contributed by atoms with E-state index in [4.69, 9.17) is 4.99 Å². The Morgan fingerprint density at radius 2 is 1.50 bits per heavy atom. The van der Waals surface area contributed by atoms with Crippen LogP contribution in [0.3, 0.4) is 0 Å². The van der Waals surface area contributed by atoms with Gasteiger partial charge in [-0.05, 0) is 47.2 Å². The first-order valence-corrected chi connectivity index (χ1v) is 11.0. The Bertz CT molecular complexity index is 1680. The molecule has 5 aromatic rings. The molecule has 4 aromatic carbocycles. The van der Waals surface area contributed by atoms with E-state index in [9.17, 15) is 0 Å². The van der Waals surface area contributed by atoms with Crippen molar-refractivity contribution < 1.29 is 0 Å². The topological polar surface area (TPSA) is 17.3 Å². The third kappa shape index (κ3) is 2.50. The summed E-state index contributed by atoms with van der Waals surface area (Å²) in [7, 11) is 0. The number of fused-ring (bicyclic) bond motifs is 6. The summed E-state index contributed by atoms with van der Waals surface area (Å²) in [6.45, 7) is 0. The van der Waals surface area contributed by atoms with Gasteiger partial charge in [0.25, 0.3) is 0 Å². The zero-order valence-electron chi connectivity index (χ0n) is 17.5. The first-order valence-electron chi connectivity index (χ1n) is 11.0. The van der Waals surface area contributed by atoms with Gasteiger partial charge in [-0.1, -0.05) is 72.8 Å². The molecular formula is C30H20N2. The van der Waals surface area contributed by atoms with Crippen LogP contribution in [-0.2, 0) is 6.42 Å². The van der Waals surface area contributed by atoms with Crippen molar-refractivity contribution in [2.75, 3.05) is 0 Å². The number of nitrogens with zero attached hydrogens (tertiary/aromatic N) is 2. The van der Waals surface area contributed by atoms with Crippen LogP contribution in [0.25, 0.3) is 39.4 Å². The van der Waals surface area contributed by atoms with Crippen LogP contribution in [0, 0.1) is 0 Å². The summed E-state index contributed by atoms with van der Waals surface area (Å²) < 4.78 is 2.42. The number of benzene rings is 4. The van der Waals surface area contributed by atoms with E-state index in [1.807, 2.05) is 0 Å². The third-order valence-corrected chi connectivity index (χ3v) is 6.64. The summed E-state index contributed by atoms with van der Waals surface area (Å²) >= 11 is 0. The van der Waals surface area contributed by atoms with Crippen molar-refractivity contribution in [2.24, 2.45) is 4.99 Å². The van der Waals surface area contributed by atoms with Gasteiger partial charge < -0.3 is 4.57 Å². The Hall–Kier alpha value is -4.17. The van der Waals surface area contributed by atoms with Gasteiger partial charge in [-0.2, -0.15) is 0 Å². The minimum atomic E-state index is 0.896. The van der Waals surface area contributed by atoms with Crippen LogP contribution in [0.4, 0.5) is 5.69 Å². The summed E-state index contributed by atoms with van der Waals surface area (Å²) in [4.78, 5) is 4.79. The molecule has 2 nitrogen and oxygen atoms in total. The van der Waals surface area contributed by atoms with E-state index in [0.717, 1.165) is 17.5 Å². The van der Waals surface area contributed by atoms with Crippen LogP contribution in [0.2, 0.25) is 0 Å². The zero-order valence-corrected chi connectivity index (χ0v) is 17.5. The highest BCUT2D eigenvalue weighted by Gasteiger charge is 2.20. The molecule has 0 N–H and O–H groups in total. The summed E-state index contributed by atoms with van der Waals surface area (Å²) in [5, 5.41) is 3.64. The van der Waals surface area contributed by atoms with Crippen molar-refractivity contribution in [2.45, 2.75) is 6.42 Å². The number of hydrogen-bond acceptors (Lipinski definition) is 1. The van der Waals surface area contributed by atoms with Gasteiger partial charge in [-0.25, -0.2) is 4.99 Å². The van der Waals surface area contributed by atoms with Gasteiger partial charge in [0.2, 0.25) is 0 Å². The van der Waals surface area contributed by atoms with Crippen molar-refractivity contribution in [3.05, 3.63) is 125 Å². The largest absolute Gasteiger partial charge is 0.313 e. The maximum Gasteiger partial charge on any atom is 0.0716 e. The molecule has 0 saturated carbocycles. The van der Waals surface area contributed by atoms with Gasteiger partial charge in [-0.3, -0.25) is 0 Å². The lowest BCUT2D eigenvalue weighted by molar-refractivity contribution is 1.00. The summed E-state index contributed by atoms with van der Waals surface area (Å²) in [5.74, 6) is 0. The molecule has 0 saturated heterocycles. The molecule has 1 aliphatic carbocycles. The summed E-state index contributed by atoms with van der Waals surface area (Å²) in [6, 6.07) is 34.5. The van der Waals surface area contributed by atoms with E-state index < -0.39 is 0 Å². The quantitative estimate of drug-likeness (QED) is 0.318. The number of aromatic nitrogens is 1. The van der Waals surface area contributed by atoms with E-state index in [-0.39, 0.29) is 0 Å². The molecule has 0 bridgehead atoms. The second kappa shape index (κ2) is 6.66. The van der Waals surface area contributed by atoms with Crippen molar-refractivity contribution in [3.63, 3.8) is 0 Å². The Labute approximate surface area is 186 Å². The predicted octanol–water partition coefficient (Wildman–Crippen LogP) is 5.98. The lowest BCUT2D eigenvalue weighted by atomic mass is 9.95. The average molecular weight is 409 g/mol. The van der Waals surface area contributed by atoms with Crippen LogP contribution in [0.1, 0.15) is 11.3 Å². The van der Waals surface area contributed by atoms with Crippen LogP contribution in [-0.4, -0.2) is 4.57 Å². The molecule has 0 atom stereocenters. The lowest BCUT2D eigenvalue weighted by Gasteiger charge is -2.15. The first-order chi connectivity index (χ1) is 15.9. The number of allylic oxidation sites excluding steroid dienone is 1. The maximum absolute atomic E-state index is 4.79. The molecule has 0 radical (unpaired) electrons. The molecule has 7 rings (SSSR count). The highest BCUT2D eigenvalue weighted by Crippen LogP contribution is 2.35. The molecule has 1 aliphatic heterocycles. The Kier molecular flexibility index (Phi) is 3.65. The lowest BCUT2D eigenvalue weighted by Crippen LogP contribution is -2.15. The van der Waals surface area contributed by atoms with Crippen LogP contribution in [0.5, 0.6) is 0 Å². The standard InChI is InChI=1S/C30H20N2/c1-2-8-22(9-3-1)32-29-13-7-5-11-24(29)25-16-14-21(19-30(25)32)20-15-17-28-26(18-20)23-10-4-6-12-27(23)31-28/h1-18H,19H2. The van der Waals surface area contributed by atoms with Gasteiger partial charge >= 0.3 is 0 Å². The molecule has 2 aliphatic rings. The fourth-order valence-corrected chi connectivity index (χ4v) is 5.15. The zero-order chi connectivity index (χ0) is 21.1. The van der Waals surface area contributed by atoms with E-state index in [1.54, 1.807) is 0 Å². The van der Waals surface area contributed by atoms with Crippen molar-refractivity contribution >= 4 is 28.2 Å². The van der Waals surface area contributed by atoms with Gasteiger partial charge in [-0.15, -0.1) is 0 Å². The minimum absolute atomic E-state index is 0.896. The first kappa shape index (κ1) is 17.5. The molecule has 1 aromatic heterocycles. The minimum Gasteiger partial charge on any atom is -0.313 e. The van der Waals surface area contributed by atoms with E-state index in [2.05, 4.69) is 114 Å². The maximum atomic E-state index is 4.79. The molecular weight excluding hydrogens is 388 g/mol. The van der Waals surface area contributed by atoms with Crippen LogP contribution < -0.4 is 10.6 Å². The fraction of sp³-hybridized carbons (Fsp3) is 0.0333. The monoisotopic (exact) mass is 408 g/mol. The Morgan fingerprint density at radius 3 is 2.44 bits per heavy atom. The van der Waals surface area contributed by atoms with Gasteiger partial charge in [0.1, 0.15) is 0 Å². The molecule has 0 spiro atoms. The number of para-hydroxylation sites is 3. The van der Waals surface area contributed by atoms with Crippen LogP contribution >= 0.6 is 0 Å². The average Bonchev–Trinajstić information content (AvgIpc) is 3.39. The third-order valence-electron chi connectivity index (χ3n) is 6.64. The van der Waals surface area contributed by atoms with Crippen molar-refractivity contribution in [3.8, 4) is 16.8 Å². The second-order valence-corrected chi connectivity index (χ2v) is 8.44.